The van der Waals surface area contributed by atoms with Crippen LogP contribution >= 0.6 is 0 Å². The van der Waals surface area contributed by atoms with Crippen LogP contribution in [-0.2, 0) is 16.0 Å². The smallest absolute Gasteiger partial charge is 0.305 e. The van der Waals surface area contributed by atoms with Gasteiger partial charge in [0, 0.05) is 23.4 Å². The molecule has 0 spiro atoms. The van der Waals surface area contributed by atoms with Gasteiger partial charge >= 0.3 is 5.97 Å². The summed E-state index contributed by atoms with van der Waals surface area (Å²) >= 11 is 0. The predicted molar refractivity (Wildman–Crippen MR) is 113 cm³/mol. The van der Waals surface area contributed by atoms with Gasteiger partial charge in [-0.05, 0) is 37.8 Å². The molecule has 2 aromatic carbocycles. The van der Waals surface area contributed by atoms with E-state index in [0.717, 1.165) is 47.2 Å². The van der Waals surface area contributed by atoms with Crippen LogP contribution in [-0.4, -0.2) is 24.2 Å². The van der Waals surface area contributed by atoms with Gasteiger partial charge in [-0.15, -0.1) is 0 Å². The minimum absolute atomic E-state index is 0.142. The Kier molecular flexibility index (Phi) is 7.01. The van der Waals surface area contributed by atoms with Crippen LogP contribution in [0.1, 0.15) is 38.7 Å². The second-order valence-electron chi connectivity index (χ2n) is 6.65. The number of benzene rings is 2. The molecule has 0 saturated carbocycles. The van der Waals surface area contributed by atoms with Crippen LogP contribution in [0.2, 0.25) is 0 Å². The van der Waals surface area contributed by atoms with E-state index in [1.54, 1.807) is 0 Å². The third-order valence-corrected chi connectivity index (χ3v) is 4.67. The first-order chi connectivity index (χ1) is 13.7. The lowest BCUT2D eigenvalue weighted by molar-refractivity contribution is -0.143. The molecule has 3 rings (SSSR count). The molecule has 0 fully saturated rings. The predicted octanol–water partition coefficient (Wildman–Crippen LogP) is 5.58. The Labute approximate surface area is 166 Å². The van der Waals surface area contributed by atoms with Crippen molar-refractivity contribution in [2.75, 3.05) is 13.2 Å². The monoisotopic (exact) mass is 377 g/mol. The van der Waals surface area contributed by atoms with Crippen LogP contribution in [0, 0.1) is 0 Å². The summed E-state index contributed by atoms with van der Waals surface area (Å²) in [5.41, 5.74) is 4.15. The molecule has 0 atom stereocenters. The van der Waals surface area contributed by atoms with Crippen molar-refractivity contribution in [3.05, 3.63) is 60.2 Å². The molecule has 0 amide bonds. The molecule has 4 nitrogen and oxygen atoms in total. The van der Waals surface area contributed by atoms with Crippen LogP contribution in [0.25, 0.3) is 22.2 Å². The number of carbonyl (C=O) groups is 1. The van der Waals surface area contributed by atoms with E-state index in [1.807, 2.05) is 43.3 Å². The Hall–Kier alpha value is -2.88. The number of rotatable bonds is 9. The van der Waals surface area contributed by atoms with Crippen molar-refractivity contribution in [3.63, 3.8) is 0 Å². The highest BCUT2D eigenvalue weighted by atomic mass is 16.5. The van der Waals surface area contributed by atoms with Gasteiger partial charge in [0.05, 0.1) is 24.4 Å². The number of hydrogen-bond acceptors (Lipinski definition) is 4. The molecule has 0 saturated heterocycles. The Morgan fingerprint density at radius 1 is 1.00 bits per heavy atom. The number of aromatic nitrogens is 1. The molecule has 3 aromatic rings. The molecule has 0 radical (unpaired) electrons. The average molecular weight is 377 g/mol. The number of hydrogen-bond donors (Lipinski definition) is 0. The Bertz CT molecular complexity index is 922. The topological polar surface area (TPSA) is 48.4 Å². The van der Waals surface area contributed by atoms with Gasteiger partial charge in [0.2, 0.25) is 0 Å². The van der Waals surface area contributed by atoms with Gasteiger partial charge in [-0.25, -0.2) is 4.98 Å². The third-order valence-electron chi connectivity index (χ3n) is 4.67. The molecule has 146 valence electrons. The maximum absolute atomic E-state index is 11.5. The van der Waals surface area contributed by atoms with E-state index in [9.17, 15) is 4.79 Å². The van der Waals surface area contributed by atoms with Gasteiger partial charge in [0.25, 0.3) is 0 Å². The summed E-state index contributed by atoms with van der Waals surface area (Å²) in [5, 5.41) is 1.08. The summed E-state index contributed by atoms with van der Waals surface area (Å²) in [6.45, 7) is 4.96. The first-order valence-corrected chi connectivity index (χ1v) is 9.99. The number of esters is 1. The van der Waals surface area contributed by atoms with Gasteiger partial charge in [0.1, 0.15) is 5.75 Å². The molecular weight excluding hydrogens is 350 g/mol. The SMILES string of the molecule is CCOC(=O)CCCCOc1cc(-c2ccccc2)nc2cccc(CC)c12. The lowest BCUT2D eigenvalue weighted by Crippen LogP contribution is -2.05. The maximum Gasteiger partial charge on any atom is 0.305 e. The van der Waals surface area contributed by atoms with E-state index in [-0.39, 0.29) is 5.97 Å². The number of fused-ring (bicyclic) bond motifs is 1. The molecule has 0 bridgehead atoms. The molecule has 28 heavy (non-hydrogen) atoms. The van der Waals surface area contributed by atoms with Crippen LogP contribution in [0.4, 0.5) is 0 Å². The van der Waals surface area contributed by atoms with Gasteiger partial charge < -0.3 is 9.47 Å². The van der Waals surface area contributed by atoms with Gasteiger partial charge in [-0.3, -0.25) is 4.79 Å². The molecule has 4 heteroatoms. The summed E-state index contributed by atoms with van der Waals surface area (Å²) in [5.74, 6) is 0.717. The van der Waals surface area contributed by atoms with Crippen molar-refractivity contribution in [2.24, 2.45) is 0 Å². The van der Waals surface area contributed by atoms with Gasteiger partial charge in [0.15, 0.2) is 0 Å². The first kappa shape index (κ1) is 19.9. The number of unbranched alkanes of at least 4 members (excludes halogenated alkanes) is 1. The summed E-state index contributed by atoms with van der Waals surface area (Å²) in [6.07, 6.45) is 2.91. The van der Waals surface area contributed by atoms with Crippen molar-refractivity contribution in [1.82, 2.24) is 4.98 Å². The van der Waals surface area contributed by atoms with Crippen molar-refractivity contribution in [3.8, 4) is 17.0 Å². The minimum atomic E-state index is -0.142. The summed E-state index contributed by atoms with van der Waals surface area (Å²) < 4.78 is 11.1. The van der Waals surface area contributed by atoms with Crippen LogP contribution < -0.4 is 4.74 Å². The highest BCUT2D eigenvalue weighted by molar-refractivity contribution is 5.90. The van der Waals surface area contributed by atoms with E-state index in [1.165, 1.54) is 5.56 Å². The van der Waals surface area contributed by atoms with Gasteiger partial charge in [-0.1, -0.05) is 49.4 Å². The number of nitrogens with zero attached hydrogens (tertiary/aromatic N) is 1. The van der Waals surface area contributed by atoms with E-state index >= 15 is 0 Å². The van der Waals surface area contributed by atoms with E-state index in [4.69, 9.17) is 14.5 Å². The highest BCUT2D eigenvalue weighted by Crippen LogP contribution is 2.33. The fraction of sp³-hybridized carbons (Fsp3) is 0.333. The van der Waals surface area contributed by atoms with E-state index < -0.39 is 0 Å². The highest BCUT2D eigenvalue weighted by Gasteiger charge is 2.12. The van der Waals surface area contributed by atoms with Gasteiger partial charge in [-0.2, -0.15) is 0 Å². The maximum atomic E-state index is 11.5. The fourth-order valence-corrected chi connectivity index (χ4v) is 3.27. The zero-order valence-corrected chi connectivity index (χ0v) is 16.6. The molecule has 0 aliphatic rings. The third kappa shape index (κ3) is 4.89. The van der Waals surface area contributed by atoms with Crippen LogP contribution in [0.5, 0.6) is 5.75 Å². The number of aryl methyl sites for hydroxylation is 1. The molecule has 1 heterocycles. The van der Waals surface area contributed by atoms with E-state index in [2.05, 4.69) is 25.1 Å². The largest absolute Gasteiger partial charge is 0.493 e. The van der Waals surface area contributed by atoms with Crippen LogP contribution in [0.15, 0.2) is 54.6 Å². The standard InChI is InChI=1S/C24H27NO3/c1-3-18-13-10-14-20-24(18)22(28-16-9-8-15-23(26)27-4-2)17-21(25-20)19-11-6-5-7-12-19/h5-7,10-14,17H,3-4,8-9,15-16H2,1-2H3. The average Bonchev–Trinajstić information content (AvgIpc) is 2.73. The number of pyridine rings is 1. The quantitative estimate of drug-likeness (QED) is 0.361. The second kappa shape index (κ2) is 9.88. The summed E-state index contributed by atoms with van der Waals surface area (Å²) in [7, 11) is 0. The zero-order chi connectivity index (χ0) is 19.8. The first-order valence-electron chi connectivity index (χ1n) is 9.99. The van der Waals surface area contributed by atoms with Crippen molar-refractivity contribution < 1.29 is 14.3 Å². The second-order valence-corrected chi connectivity index (χ2v) is 6.65. The molecule has 0 unspecified atom stereocenters. The molecule has 0 N–H and O–H groups in total. The van der Waals surface area contributed by atoms with Crippen molar-refractivity contribution in [1.29, 1.82) is 0 Å². The molecule has 1 aromatic heterocycles. The molecule has 0 aliphatic carbocycles. The Balaban J connectivity index is 1.81. The number of ether oxygens (including phenoxy) is 2. The Morgan fingerprint density at radius 3 is 2.57 bits per heavy atom. The van der Waals surface area contributed by atoms with Crippen LogP contribution in [0.3, 0.4) is 0 Å². The number of carbonyl (C=O) groups excluding carboxylic acids is 1. The summed E-state index contributed by atoms with van der Waals surface area (Å²) in [6, 6.07) is 18.4. The Morgan fingerprint density at radius 2 is 1.82 bits per heavy atom. The minimum Gasteiger partial charge on any atom is -0.493 e. The van der Waals surface area contributed by atoms with Crippen molar-refractivity contribution >= 4 is 16.9 Å². The fourth-order valence-electron chi connectivity index (χ4n) is 3.27. The molecular formula is C24H27NO3. The normalized spacial score (nSPS) is 10.8. The van der Waals surface area contributed by atoms with E-state index in [0.29, 0.717) is 19.6 Å². The summed E-state index contributed by atoms with van der Waals surface area (Å²) in [4.78, 5) is 16.3. The molecule has 0 aliphatic heterocycles. The lowest BCUT2D eigenvalue weighted by atomic mass is 10.0. The van der Waals surface area contributed by atoms with Crippen molar-refractivity contribution in [2.45, 2.75) is 39.5 Å². The lowest BCUT2D eigenvalue weighted by Gasteiger charge is -2.14. The zero-order valence-electron chi connectivity index (χ0n) is 16.6.